The molecule has 0 aliphatic carbocycles. The molecular weight excluding hydrogens is 805 g/mol. The zero-order chi connectivity index (χ0) is 44.9. The molecule has 8 heteroatoms. The summed E-state index contributed by atoms with van der Waals surface area (Å²) < 4.78 is 26.4. The van der Waals surface area contributed by atoms with Gasteiger partial charge in [-0.2, -0.15) is 21.0 Å². The van der Waals surface area contributed by atoms with Crippen molar-refractivity contribution in [3.8, 4) is 91.8 Å². The summed E-state index contributed by atoms with van der Waals surface area (Å²) in [5.41, 5.74) is 9.43. The molecule has 0 aliphatic heterocycles. The minimum atomic E-state index is -0.866. The zero-order valence-corrected chi connectivity index (χ0v) is 35.2. The summed E-state index contributed by atoms with van der Waals surface area (Å²) in [5, 5.41) is 37.0. The molecule has 0 spiro atoms. The number of rotatable bonds is 16. The molecule has 0 bridgehead atoms. The summed E-state index contributed by atoms with van der Waals surface area (Å²) in [6.07, 6.45) is 0. The number of ether oxygens (including phenoxy) is 4. The highest BCUT2D eigenvalue weighted by Crippen LogP contribution is 2.31. The fourth-order valence-electron chi connectivity index (χ4n) is 7.12. The Labute approximate surface area is 378 Å². The smallest absolute Gasteiger partial charge is 0.119 e. The van der Waals surface area contributed by atoms with Crippen LogP contribution in [0.3, 0.4) is 0 Å². The van der Waals surface area contributed by atoms with Crippen molar-refractivity contribution in [1.29, 1.82) is 21.0 Å². The molecule has 8 aromatic rings. The maximum atomic E-state index is 9.26. The minimum Gasteiger partial charge on any atom is -0.493 e. The Hall–Kier alpha value is -9.08. The van der Waals surface area contributed by atoms with E-state index in [1.54, 1.807) is 48.5 Å². The molecular formula is C57H40N4O4. The third kappa shape index (κ3) is 10.9. The lowest BCUT2D eigenvalue weighted by molar-refractivity contribution is -0.00350. The van der Waals surface area contributed by atoms with Crippen molar-refractivity contribution in [1.82, 2.24) is 0 Å². The van der Waals surface area contributed by atoms with E-state index in [1.807, 2.05) is 146 Å². The monoisotopic (exact) mass is 844 g/mol. The van der Waals surface area contributed by atoms with Gasteiger partial charge in [-0.25, -0.2) is 0 Å². The fourth-order valence-corrected chi connectivity index (χ4v) is 7.12. The van der Waals surface area contributed by atoms with Gasteiger partial charge in [0.2, 0.25) is 0 Å². The Morgan fingerprint density at radius 1 is 0.246 bits per heavy atom. The van der Waals surface area contributed by atoms with E-state index < -0.39 is 5.41 Å². The first-order valence-electron chi connectivity index (χ1n) is 20.9. The highest BCUT2D eigenvalue weighted by atomic mass is 16.5. The summed E-state index contributed by atoms with van der Waals surface area (Å²) in [7, 11) is 0. The van der Waals surface area contributed by atoms with Crippen molar-refractivity contribution in [2.24, 2.45) is 5.41 Å². The Morgan fingerprint density at radius 2 is 0.400 bits per heavy atom. The molecule has 0 aliphatic rings. The number of hydrogen-bond donors (Lipinski definition) is 0. The fraction of sp³-hybridized carbons (Fsp3) is 0.0877. The molecule has 8 aromatic carbocycles. The summed E-state index contributed by atoms with van der Waals surface area (Å²) >= 11 is 0. The minimum absolute atomic E-state index is 0.166. The van der Waals surface area contributed by atoms with E-state index in [1.165, 1.54) is 0 Å². The van der Waals surface area contributed by atoms with Gasteiger partial charge in [0.25, 0.3) is 0 Å². The van der Waals surface area contributed by atoms with E-state index in [9.17, 15) is 21.0 Å². The lowest BCUT2D eigenvalue weighted by Gasteiger charge is -2.33. The largest absolute Gasteiger partial charge is 0.493 e. The maximum absolute atomic E-state index is 9.26. The quantitative estimate of drug-likeness (QED) is 0.0939. The molecule has 0 saturated carbocycles. The number of nitriles is 4. The van der Waals surface area contributed by atoms with Crippen LogP contribution in [0.1, 0.15) is 22.3 Å². The van der Waals surface area contributed by atoms with E-state index >= 15 is 0 Å². The van der Waals surface area contributed by atoms with Gasteiger partial charge < -0.3 is 18.9 Å². The van der Waals surface area contributed by atoms with Crippen molar-refractivity contribution in [3.05, 3.63) is 216 Å². The Kier molecular flexibility index (Phi) is 13.2. The van der Waals surface area contributed by atoms with Crippen LogP contribution in [-0.2, 0) is 0 Å². The van der Waals surface area contributed by atoms with Gasteiger partial charge in [0, 0.05) is 0 Å². The Bertz CT molecular complexity index is 2590. The summed E-state index contributed by atoms with van der Waals surface area (Å²) in [4.78, 5) is 0. The summed E-state index contributed by atoms with van der Waals surface area (Å²) in [6.45, 7) is 0.663. The maximum Gasteiger partial charge on any atom is 0.119 e. The topological polar surface area (TPSA) is 132 Å². The molecule has 0 N–H and O–H groups in total. The van der Waals surface area contributed by atoms with Crippen LogP contribution in [0.5, 0.6) is 23.0 Å². The molecule has 0 unspecified atom stereocenters. The van der Waals surface area contributed by atoms with Crippen LogP contribution in [0.2, 0.25) is 0 Å². The molecule has 0 fully saturated rings. The Balaban J connectivity index is 1.07. The molecule has 65 heavy (non-hydrogen) atoms. The average Bonchev–Trinajstić information content (AvgIpc) is 3.39. The van der Waals surface area contributed by atoms with Crippen molar-refractivity contribution < 1.29 is 18.9 Å². The number of nitrogens with zero attached hydrogens (tertiary/aromatic N) is 4. The van der Waals surface area contributed by atoms with Crippen LogP contribution in [-0.4, -0.2) is 26.4 Å². The SMILES string of the molecule is N#Cc1ccc(-c2ccc(OCC(COc3ccc(-c4ccc(C#N)cc4)cc3)(COc3ccc(-c4ccc(C#N)cc4)cc3)COc3ccc(-c4ccc(C#N)cc4)cc3)cc2)cc1. The summed E-state index contributed by atoms with van der Waals surface area (Å²) in [6, 6.07) is 69.8. The third-order valence-corrected chi connectivity index (χ3v) is 11.0. The van der Waals surface area contributed by atoms with Gasteiger partial charge in [0.15, 0.2) is 0 Å². The molecule has 0 atom stereocenters. The lowest BCUT2D eigenvalue weighted by atomic mass is 9.91. The zero-order valence-electron chi connectivity index (χ0n) is 35.2. The highest BCUT2D eigenvalue weighted by molar-refractivity contribution is 5.68. The van der Waals surface area contributed by atoms with Crippen molar-refractivity contribution >= 4 is 0 Å². The van der Waals surface area contributed by atoms with Crippen LogP contribution in [0, 0.1) is 50.7 Å². The second-order valence-electron chi connectivity index (χ2n) is 15.5. The second kappa shape index (κ2) is 20.2. The summed E-state index contributed by atoms with van der Waals surface area (Å²) in [5.74, 6) is 2.60. The van der Waals surface area contributed by atoms with Gasteiger partial charge in [0.1, 0.15) is 54.8 Å². The first-order valence-corrected chi connectivity index (χ1v) is 20.9. The molecule has 0 radical (unpaired) electrons. The van der Waals surface area contributed by atoms with Gasteiger partial charge in [-0.1, -0.05) is 97.1 Å². The highest BCUT2D eigenvalue weighted by Gasteiger charge is 2.36. The van der Waals surface area contributed by atoms with Crippen LogP contribution < -0.4 is 18.9 Å². The first kappa shape index (κ1) is 42.6. The van der Waals surface area contributed by atoms with Crippen molar-refractivity contribution in [3.63, 3.8) is 0 Å². The normalized spacial score (nSPS) is 10.6. The van der Waals surface area contributed by atoms with Crippen molar-refractivity contribution in [2.75, 3.05) is 26.4 Å². The Morgan fingerprint density at radius 3 is 0.554 bits per heavy atom. The predicted octanol–water partition coefficient (Wildman–Crippen LogP) is 12.4. The van der Waals surface area contributed by atoms with Gasteiger partial charge in [-0.15, -0.1) is 0 Å². The predicted molar refractivity (Wildman–Crippen MR) is 251 cm³/mol. The van der Waals surface area contributed by atoms with E-state index in [0.717, 1.165) is 44.5 Å². The number of hydrogen-bond acceptors (Lipinski definition) is 8. The molecule has 0 aromatic heterocycles. The van der Waals surface area contributed by atoms with Crippen LogP contribution in [0.25, 0.3) is 44.5 Å². The van der Waals surface area contributed by atoms with Gasteiger partial charge in [-0.3, -0.25) is 0 Å². The number of benzene rings is 8. The molecule has 8 rings (SSSR count). The molecule has 0 heterocycles. The standard InChI is InChI=1S/C57H40N4O4/c58-33-41-1-9-45(10-2-41)49-17-25-53(26-18-49)62-37-57(38-63-54-27-19-50(20-28-54)46-11-3-42(34-59)4-12-46,39-64-55-29-21-51(22-30-55)47-13-5-43(35-60)6-14-47)40-65-56-31-23-52(24-32-56)48-15-7-44(36-61)8-16-48/h1-32H,37-40H2. The average molecular weight is 845 g/mol. The third-order valence-electron chi connectivity index (χ3n) is 11.0. The van der Waals surface area contributed by atoms with E-state index in [4.69, 9.17) is 18.9 Å². The van der Waals surface area contributed by atoms with Crippen LogP contribution in [0.4, 0.5) is 0 Å². The van der Waals surface area contributed by atoms with Gasteiger partial charge >= 0.3 is 0 Å². The van der Waals surface area contributed by atoms with Gasteiger partial charge in [-0.05, 0) is 142 Å². The molecule has 0 amide bonds. The van der Waals surface area contributed by atoms with Crippen LogP contribution >= 0.6 is 0 Å². The first-order chi connectivity index (χ1) is 31.9. The van der Waals surface area contributed by atoms with E-state index in [0.29, 0.717) is 45.3 Å². The van der Waals surface area contributed by atoms with Gasteiger partial charge in [0.05, 0.1) is 46.5 Å². The molecule has 0 saturated heterocycles. The second-order valence-corrected chi connectivity index (χ2v) is 15.5. The lowest BCUT2D eigenvalue weighted by Crippen LogP contribution is -2.45. The molecule has 8 nitrogen and oxygen atoms in total. The van der Waals surface area contributed by atoms with E-state index in [2.05, 4.69) is 24.3 Å². The van der Waals surface area contributed by atoms with Crippen molar-refractivity contribution in [2.45, 2.75) is 0 Å². The molecule has 312 valence electrons. The van der Waals surface area contributed by atoms with Crippen LogP contribution in [0.15, 0.2) is 194 Å². The van der Waals surface area contributed by atoms with E-state index in [-0.39, 0.29) is 26.4 Å².